The van der Waals surface area contributed by atoms with Crippen molar-refractivity contribution in [2.45, 2.75) is 25.8 Å². The molecule has 1 N–H and O–H groups in total. The molecule has 0 spiro atoms. The first-order valence-electron chi connectivity index (χ1n) is 7.16. The Morgan fingerprint density at radius 3 is 2.33 bits per heavy atom. The number of benzene rings is 1. The van der Waals surface area contributed by atoms with Gasteiger partial charge in [-0.2, -0.15) is 0 Å². The summed E-state index contributed by atoms with van der Waals surface area (Å²) in [5, 5.41) is 2.44. The quantitative estimate of drug-likeness (QED) is 0.756. The molecule has 1 aromatic rings. The molecule has 1 rings (SSSR count). The minimum atomic E-state index is -1.07. The highest BCUT2D eigenvalue weighted by atomic mass is 19.2. The van der Waals surface area contributed by atoms with Crippen LogP contribution in [0.4, 0.5) is 8.78 Å². The Hall–Kier alpha value is -2.51. The molecule has 1 aromatic carbocycles. The number of hydrogen-bond acceptors (Lipinski definition) is 5. The van der Waals surface area contributed by atoms with Crippen LogP contribution in [-0.2, 0) is 30.3 Å². The van der Waals surface area contributed by atoms with Crippen LogP contribution in [0, 0.1) is 17.6 Å². The minimum Gasteiger partial charge on any atom is -0.469 e. The number of nitrogens with one attached hydrogen (secondary N) is 1. The summed E-state index contributed by atoms with van der Waals surface area (Å²) in [7, 11) is 2.37. The van der Waals surface area contributed by atoms with Gasteiger partial charge in [-0.1, -0.05) is 13.0 Å². The average Bonchev–Trinajstić information content (AvgIpc) is 2.55. The maximum Gasteiger partial charge on any atom is 0.328 e. The molecule has 2 atom stereocenters. The first-order valence-corrected chi connectivity index (χ1v) is 7.16. The summed E-state index contributed by atoms with van der Waals surface area (Å²) >= 11 is 0. The smallest absolute Gasteiger partial charge is 0.328 e. The molecule has 8 heteroatoms. The van der Waals surface area contributed by atoms with Crippen LogP contribution in [-0.4, -0.2) is 38.1 Å². The third-order valence-corrected chi connectivity index (χ3v) is 3.41. The molecule has 0 unspecified atom stereocenters. The van der Waals surface area contributed by atoms with Crippen LogP contribution in [0.3, 0.4) is 0 Å². The van der Waals surface area contributed by atoms with E-state index in [1.54, 1.807) is 6.92 Å². The fourth-order valence-electron chi connectivity index (χ4n) is 2.08. The number of rotatable bonds is 7. The van der Waals surface area contributed by atoms with E-state index in [-0.39, 0.29) is 18.4 Å². The predicted octanol–water partition coefficient (Wildman–Crippen LogP) is 1.36. The SMILES string of the molecule is COC(=O)C[C@@H](C)[C@@H](NC(=O)Cc1ccc(F)c(F)c1)C(=O)OC. The Morgan fingerprint density at radius 2 is 1.79 bits per heavy atom. The molecular weight excluding hydrogens is 324 g/mol. The summed E-state index contributed by atoms with van der Waals surface area (Å²) in [6.07, 6.45) is -0.350. The first kappa shape index (κ1) is 19.5. The summed E-state index contributed by atoms with van der Waals surface area (Å²) < 4.78 is 35.2. The number of ether oxygens (including phenoxy) is 2. The first-order chi connectivity index (χ1) is 11.3. The van der Waals surface area contributed by atoms with Crippen molar-refractivity contribution in [1.29, 1.82) is 0 Å². The van der Waals surface area contributed by atoms with Gasteiger partial charge in [0, 0.05) is 0 Å². The van der Waals surface area contributed by atoms with Crippen molar-refractivity contribution in [3.05, 3.63) is 35.4 Å². The number of methoxy groups -OCH3 is 2. The normalized spacial score (nSPS) is 12.9. The van der Waals surface area contributed by atoms with Gasteiger partial charge in [0.05, 0.1) is 27.1 Å². The number of hydrogen-bond donors (Lipinski definition) is 1. The number of carbonyl (C=O) groups excluding carboxylic acids is 3. The second-order valence-corrected chi connectivity index (χ2v) is 5.25. The molecule has 0 saturated heterocycles. The Kier molecular flexibility index (Phi) is 7.29. The maximum absolute atomic E-state index is 13.2. The molecule has 132 valence electrons. The number of amides is 1. The highest BCUT2D eigenvalue weighted by Crippen LogP contribution is 2.13. The van der Waals surface area contributed by atoms with Gasteiger partial charge in [-0.25, -0.2) is 13.6 Å². The third-order valence-electron chi connectivity index (χ3n) is 3.41. The van der Waals surface area contributed by atoms with Crippen molar-refractivity contribution >= 4 is 17.8 Å². The van der Waals surface area contributed by atoms with Gasteiger partial charge >= 0.3 is 11.9 Å². The molecule has 0 aliphatic rings. The summed E-state index contributed by atoms with van der Waals surface area (Å²) in [6.45, 7) is 1.58. The average molecular weight is 343 g/mol. The van der Waals surface area contributed by atoms with Crippen molar-refractivity contribution in [1.82, 2.24) is 5.32 Å². The molecule has 0 saturated carbocycles. The van der Waals surface area contributed by atoms with Gasteiger partial charge in [0.1, 0.15) is 6.04 Å². The van der Waals surface area contributed by atoms with E-state index >= 15 is 0 Å². The lowest BCUT2D eigenvalue weighted by Crippen LogP contribution is -2.47. The lowest BCUT2D eigenvalue weighted by molar-refractivity contribution is -0.148. The van der Waals surface area contributed by atoms with E-state index in [1.807, 2.05) is 0 Å². The van der Waals surface area contributed by atoms with Crippen LogP contribution in [0.25, 0.3) is 0 Å². The van der Waals surface area contributed by atoms with Crippen LogP contribution in [0.15, 0.2) is 18.2 Å². The van der Waals surface area contributed by atoms with E-state index in [1.165, 1.54) is 13.2 Å². The Labute approximate surface area is 138 Å². The van der Waals surface area contributed by atoms with E-state index in [0.717, 1.165) is 19.2 Å². The van der Waals surface area contributed by atoms with Crippen LogP contribution in [0.1, 0.15) is 18.9 Å². The van der Waals surface area contributed by atoms with Crippen molar-refractivity contribution in [3.8, 4) is 0 Å². The van der Waals surface area contributed by atoms with Gasteiger partial charge in [-0.3, -0.25) is 9.59 Å². The van der Waals surface area contributed by atoms with Crippen LogP contribution in [0.5, 0.6) is 0 Å². The summed E-state index contributed by atoms with van der Waals surface area (Å²) in [4.78, 5) is 35.2. The van der Waals surface area contributed by atoms with Gasteiger partial charge in [-0.15, -0.1) is 0 Å². The fourth-order valence-corrected chi connectivity index (χ4v) is 2.08. The number of carbonyl (C=O) groups is 3. The van der Waals surface area contributed by atoms with Crippen molar-refractivity contribution in [3.63, 3.8) is 0 Å². The van der Waals surface area contributed by atoms with E-state index < -0.39 is 41.4 Å². The lowest BCUT2D eigenvalue weighted by Gasteiger charge is -2.22. The van der Waals surface area contributed by atoms with Crippen LogP contribution >= 0.6 is 0 Å². The van der Waals surface area contributed by atoms with Crippen molar-refractivity contribution < 1.29 is 32.6 Å². The molecule has 0 heterocycles. The Morgan fingerprint density at radius 1 is 1.12 bits per heavy atom. The number of esters is 2. The van der Waals surface area contributed by atoms with Crippen LogP contribution < -0.4 is 5.32 Å². The molecule has 0 aromatic heterocycles. The zero-order chi connectivity index (χ0) is 18.3. The summed E-state index contributed by atoms with van der Waals surface area (Å²) in [5.41, 5.74) is 0.246. The standard InChI is InChI=1S/C16H19F2NO5/c1-9(6-14(21)23-2)15(16(22)24-3)19-13(20)8-10-4-5-11(17)12(18)7-10/h4-5,7,9,15H,6,8H2,1-3H3,(H,19,20)/t9-,15-/m1/s1. The zero-order valence-electron chi connectivity index (χ0n) is 13.6. The second-order valence-electron chi connectivity index (χ2n) is 5.25. The highest BCUT2D eigenvalue weighted by molar-refractivity contribution is 5.86. The lowest BCUT2D eigenvalue weighted by atomic mass is 9.98. The molecule has 24 heavy (non-hydrogen) atoms. The fraction of sp³-hybridized carbons (Fsp3) is 0.438. The Balaban J connectivity index is 2.78. The topological polar surface area (TPSA) is 81.7 Å². The van der Waals surface area contributed by atoms with Gasteiger partial charge in [0.15, 0.2) is 11.6 Å². The second kappa shape index (κ2) is 8.95. The molecule has 0 aliphatic heterocycles. The van der Waals surface area contributed by atoms with Crippen LogP contribution in [0.2, 0.25) is 0 Å². The number of halogens is 2. The van der Waals surface area contributed by atoms with E-state index in [2.05, 4.69) is 14.8 Å². The molecule has 0 aliphatic carbocycles. The molecule has 0 fully saturated rings. The van der Waals surface area contributed by atoms with Gasteiger partial charge in [0.25, 0.3) is 0 Å². The third kappa shape index (κ3) is 5.60. The predicted molar refractivity (Wildman–Crippen MR) is 79.8 cm³/mol. The largest absolute Gasteiger partial charge is 0.469 e. The minimum absolute atomic E-state index is 0.0955. The van der Waals surface area contributed by atoms with Gasteiger partial charge in [-0.05, 0) is 23.6 Å². The van der Waals surface area contributed by atoms with E-state index in [4.69, 9.17) is 0 Å². The molecule has 6 nitrogen and oxygen atoms in total. The maximum atomic E-state index is 13.2. The van der Waals surface area contributed by atoms with Crippen molar-refractivity contribution in [2.75, 3.05) is 14.2 Å². The highest BCUT2D eigenvalue weighted by Gasteiger charge is 2.29. The Bertz CT molecular complexity index is 620. The zero-order valence-corrected chi connectivity index (χ0v) is 13.6. The van der Waals surface area contributed by atoms with E-state index in [0.29, 0.717) is 0 Å². The van der Waals surface area contributed by atoms with Crippen molar-refractivity contribution in [2.24, 2.45) is 5.92 Å². The monoisotopic (exact) mass is 343 g/mol. The summed E-state index contributed by atoms with van der Waals surface area (Å²) in [6, 6.07) is 2.02. The van der Waals surface area contributed by atoms with E-state index in [9.17, 15) is 23.2 Å². The summed E-state index contributed by atoms with van der Waals surface area (Å²) in [5.74, 6) is -4.50. The molecular formula is C16H19F2NO5. The van der Waals surface area contributed by atoms with Gasteiger partial charge < -0.3 is 14.8 Å². The molecule has 0 radical (unpaired) electrons. The molecule has 0 bridgehead atoms. The molecule has 1 amide bonds. The van der Waals surface area contributed by atoms with Gasteiger partial charge in [0.2, 0.25) is 5.91 Å².